The molecule has 2 rings (SSSR count). The maximum atomic E-state index is 14.5. The standard InChI is InChI=1S/C49H77N13O14S/c1-6-26(4)40(53)47(73)61-35(22-37(52)64)46(72)59-32(18-20-77-5)43(69)60-34(21-27-23-54-29-12-8-7-11-28(27)29)45(71)58-30(14-16-36(51)63)42(68)57-31(15-17-39(66)67)44(70)62-41(25(2)3)48(74)55-24-38(65)56-33(49(75)76)13-9-10-19-50/h7-8,11-12,23,25-26,30-35,40-41,54H,6,9-10,13-22,24,50,53H2,1-5H3,(H2,51,63)(H2,52,64)(H,55,74)(H,56,65)(H,57,68)(H,58,71)(H,59,72)(H,60,69)(H,61,73)(H,62,70)(H,66,67)(H,75,76)/t26-,30-,31-,32-,33-,34-,35-,40-,41-/m0/s1. The molecular formula is C49H77N13O14S. The topological polar surface area (TPSA) is 461 Å². The van der Waals surface area contributed by atoms with Gasteiger partial charge in [-0.1, -0.05) is 52.3 Å². The molecule has 27 nitrogen and oxygen atoms in total. The zero-order chi connectivity index (χ0) is 57.9. The van der Waals surface area contributed by atoms with E-state index in [1.807, 2.05) is 6.92 Å². The molecule has 10 amide bonds. The van der Waals surface area contributed by atoms with Gasteiger partial charge >= 0.3 is 11.9 Å². The summed E-state index contributed by atoms with van der Waals surface area (Å²) < 4.78 is 0. The van der Waals surface area contributed by atoms with Gasteiger partial charge in [0.1, 0.15) is 42.3 Å². The fraction of sp³-hybridized carbons (Fsp3) is 0.592. The van der Waals surface area contributed by atoms with Gasteiger partial charge in [0, 0.05) is 36.4 Å². The number of benzene rings is 1. The first kappa shape index (κ1) is 65.8. The molecule has 1 aromatic carbocycles. The lowest BCUT2D eigenvalue weighted by Crippen LogP contribution is -2.61. The van der Waals surface area contributed by atoms with Crippen molar-refractivity contribution in [1.29, 1.82) is 0 Å². The molecule has 0 spiro atoms. The van der Waals surface area contributed by atoms with Crippen molar-refractivity contribution in [2.24, 2.45) is 34.8 Å². The van der Waals surface area contributed by atoms with Gasteiger partial charge in [0.2, 0.25) is 59.1 Å². The fourth-order valence-corrected chi connectivity index (χ4v) is 8.14. The number of unbranched alkanes of at least 4 members (excludes halogenated alkanes) is 1. The van der Waals surface area contributed by atoms with Crippen LogP contribution in [0.2, 0.25) is 0 Å². The zero-order valence-corrected chi connectivity index (χ0v) is 44.9. The highest BCUT2D eigenvalue weighted by atomic mass is 32.2. The van der Waals surface area contributed by atoms with E-state index in [4.69, 9.17) is 22.9 Å². The summed E-state index contributed by atoms with van der Waals surface area (Å²) in [6.45, 7) is 6.25. The van der Waals surface area contributed by atoms with Gasteiger partial charge < -0.3 is 80.7 Å². The molecule has 0 aliphatic heterocycles. The van der Waals surface area contributed by atoms with Crippen molar-refractivity contribution >= 4 is 93.7 Å². The highest BCUT2D eigenvalue weighted by Gasteiger charge is 2.36. The van der Waals surface area contributed by atoms with Crippen LogP contribution in [0, 0.1) is 11.8 Å². The molecule has 77 heavy (non-hydrogen) atoms. The van der Waals surface area contributed by atoms with Crippen molar-refractivity contribution in [3.05, 3.63) is 36.0 Å². The molecule has 28 heteroatoms. The van der Waals surface area contributed by atoms with Crippen LogP contribution in [0.4, 0.5) is 0 Å². The van der Waals surface area contributed by atoms with Gasteiger partial charge in [0.05, 0.1) is 19.0 Å². The average molecular weight is 1100 g/mol. The Labute approximate surface area is 450 Å². The van der Waals surface area contributed by atoms with Crippen molar-refractivity contribution in [2.45, 2.75) is 147 Å². The Morgan fingerprint density at radius 2 is 1.18 bits per heavy atom. The molecule has 428 valence electrons. The van der Waals surface area contributed by atoms with E-state index in [1.54, 1.807) is 57.5 Å². The van der Waals surface area contributed by atoms with Crippen LogP contribution in [0.5, 0.6) is 0 Å². The lowest BCUT2D eigenvalue weighted by Gasteiger charge is -2.28. The highest BCUT2D eigenvalue weighted by Crippen LogP contribution is 2.20. The minimum Gasteiger partial charge on any atom is -0.481 e. The average Bonchev–Trinajstić information content (AvgIpc) is 3.78. The molecule has 0 saturated heterocycles. The second-order valence-electron chi connectivity index (χ2n) is 18.9. The Hall–Kier alpha value is -7.33. The number of carbonyl (C=O) groups excluding carboxylic acids is 10. The number of carboxylic acids is 2. The predicted molar refractivity (Wildman–Crippen MR) is 283 cm³/mol. The Bertz CT molecular complexity index is 2390. The molecule has 9 atom stereocenters. The number of amides is 10. The zero-order valence-electron chi connectivity index (χ0n) is 44.1. The molecule has 0 aliphatic rings. The molecule has 0 saturated carbocycles. The van der Waals surface area contributed by atoms with Crippen molar-refractivity contribution in [1.82, 2.24) is 47.5 Å². The lowest BCUT2D eigenvalue weighted by atomic mass is 9.99. The number of fused-ring (bicyclic) bond motifs is 1. The Morgan fingerprint density at radius 3 is 1.73 bits per heavy atom. The van der Waals surface area contributed by atoms with Crippen molar-refractivity contribution < 1.29 is 67.7 Å². The van der Waals surface area contributed by atoms with Crippen LogP contribution in [0.1, 0.15) is 97.5 Å². The number of nitrogens with one attached hydrogen (secondary N) is 9. The molecule has 2 aromatic rings. The summed E-state index contributed by atoms with van der Waals surface area (Å²) in [4.78, 5) is 161. The van der Waals surface area contributed by atoms with Gasteiger partial charge in [-0.2, -0.15) is 11.8 Å². The number of aromatic amines is 1. The van der Waals surface area contributed by atoms with Crippen LogP contribution < -0.4 is 65.5 Å². The third kappa shape index (κ3) is 23.2. The minimum absolute atomic E-state index is 0.0228. The number of rotatable bonds is 37. The van der Waals surface area contributed by atoms with Crippen LogP contribution in [0.3, 0.4) is 0 Å². The number of nitrogens with two attached hydrogens (primary N) is 4. The number of aliphatic carboxylic acids is 2. The first-order valence-electron chi connectivity index (χ1n) is 25.2. The number of aromatic nitrogens is 1. The van der Waals surface area contributed by atoms with Gasteiger partial charge in [0.15, 0.2) is 0 Å². The molecule has 1 aromatic heterocycles. The van der Waals surface area contributed by atoms with Crippen LogP contribution >= 0.6 is 11.8 Å². The first-order valence-corrected chi connectivity index (χ1v) is 26.6. The van der Waals surface area contributed by atoms with Gasteiger partial charge in [-0.05, 0) is 80.5 Å². The smallest absolute Gasteiger partial charge is 0.326 e. The number of para-hydroxylation sites is 1. The molecular weight excluding hydrogens is 1030 g/mol. The summed E-state index contributed by atoms with van der Waals surface area (Å²) in [6, 6.07) is -4.53. The van der Waals surface area contributed by atoms with E-state index < -0.39 is 164 Å². The van der Waals surface area contributed by atoms with E-state index in [0.717, 1.165) is 0 Å². The number of carboxylic acid groups (broad SMARTS) is 2. The van der Waals surface area contributed by atoms with E-state index in [9.17, 15) is 67.7 Å². The summed E-state index contributed by atoms with van der Waals surface area (Å²) in [6.07, 6.45) is 1.76. The molecule has 0 aliphatic carbocycles. The number of H-pyrrole nitrogens is 1. The minimum atomic E-state index is -1.69. The third-order valence-electron chi connectivity index (χ3n) is 12.4. The van der Waals surface area contributed by atoms with Crippen molar-refractivity contribution in [3.63, 3.8) is 0 Å². The normalized spacial score (nSPS) is 14.6. The first-order chi connectivity index (χ1) is 36.3. The summed E-state index contributed by atoms with van der Waals surface area (Å²) in [7, 11) is 0. The summed E-state index contributed by atoms with van der Waals surface area (Å²) in [5, 5.41) is 39.4. The van der Waals surface area contributed by atoms with E-state index in [1.165, 1.54) is 11.8 Å². The second kappa shape index (κ2) is 33.6. The predicted octanol–water partition coefficient (Wildman–Crippen LogP) is -2.78. The van der Waals surface area contributed by atoms with Crippen LogP contribution in [0.25, 0.3) is 10.9 Å². The number of primary amides is 2. The second-order valence-corrected chi connectivity index (χ2v) is 19.8. The van der Waals surface area contributed by atoms with E-state index in [2.05, 4.69) is 47.5 Å². The summed E-state index contributed by atoms with van der Waals surface area (Å²) in [5.74, 6) is -12.7. The monoisotopic (exact) mass is 1100 g/mol. The van der Waals surface area contributed by atoms with Gasteiger partial charge in [0.25, 0.3) is 0 Å². The SMILES string of the molecule is CC[C@H](C)[C@H](N)C(=O)N[C@@H](CC(N)=O)C(=O)N[C@@H](CCSC)C(=O)N[C@@H](Cc1c[nH]c2ccccc12)C(=O)N[C@@H](CCC(N)=O)C(=O)N[C@@H](CCC(=O)O)C(=O)N[C@H](C(=O)NCC(=O)N[C@@H](CCCCN)C(=O)O)C(C)C. The maximum absolute atomic E-state index is 14.5. The molecule has 0 fully saturated rings. The largest absolute Gasteiger partial charge is 0.481 e. The third-order valence-corrected chi connectivity index (χ3v) is 13.1. The van der Waals surface area contributed by atoms with E-state index in [-0.39, 0.29) is 25.2 Å². The van der Waals surface area contributed by atoms with Gasteiger partial charge in [-0.15, -0.1) is 0 Å². The van der Waals surface area contributed by atoms with Gasteiger partial charge in [-0.3, -0.25) is 52.7 Å². The lowest BCUT2D eigenvalue weighted by molar-refractivity contribution is -0.142. The quantitative estimate of drug-likeness (QED) is 0.0304. The van der Waals surface area contributed by atoms with Crippen LogP contribution in [0.15, 0.2) is 30.5 Å². The Balaban J connectivity index is 2.50. The molecule has 19 N–H and O–H groups in total. The molecule has 0 unspecified atom stereocenters. The fourth-order valence-electron chi connectivity index (χ4n) is 7.67. The van der Waals surface area contributed by atoms with Crippen molar-refractivity contribution in [2.75, 3.05) is 25.1 Å². The number of carbonyl (C=O) groups is 12. The van der Waals surface area contributed by atoms with Crippen molar-refractivity contribution in [3.8, 4) is 0 Å². The Morgan fingerprint density at radius 1 is 0.636 bits per heavy atom. The Kier molecular flexibility index (Phi) is 28.7. The molecule has 0 bridgehead atoms. The molecule has 0 radical (unpaired) electrons. The summed E-state index contributed by atoms with van der Waals surface area (Å²) in [5.41, 5.74) is 23.6. The molecule has 1 heterocycles. The maximum Gasteiger partial charge on any atom is 0.326 e. The van der Waals surface area contributed by atoms with Gasteiger partial charge in [-0.25, -0.2) is 4.79 Å². The van der Waals surface area contributed by atoms with E-state index in [0.29, 0.717) is 48.0 Å². The van der Waals surface area contributed by atoms with Crippen LogP contribution in [-0.4, -0.2) is 160 Å². The number of hydrogen-bond acceptors (Lipinski definition) is 15. The van der Waals surface area contributed by atoms with Crippen LogP contribution in [-0.2, 0) is 64.0 Å². The highest BCUT2D eigenvalue weighted by molar-refractivity contribution is 7.98. The summed E-state index contributed by atoms with van der Waals surface area (Å²) >= 11 is 1.32. The number of hydrogen-bond donors (Lipinski definition) is 15. The van der Waals surface area contributed by atoms with E-state index >= 15 is 0 Å². The number of thioether (sulfide) groups is 1.